The quantitative estimate of drug-likeness (QED) is 0.867. The molecule has 1 aromatic carbocycles. The molecule has 1 aromatic rings. The fraction of sp³-hybridized carbons (Fsp3) is 0.625. The first kappa shape index (κ1) is 15.1. The van der Waals surface area contributed by atoms with Gasteiger partial charge in [-0.05, 0) is 38.4 Å². The molecule has 1 aliphatic rings. The van der Waals surface area contributed by atoms with E-state index in [0.29, 0.717) is 12.0 Å². The molecule has 20 heavy (non-hydrogen) atoms. The Bertz CT molecular complexity index is 436. The van der Waals surface area contributed by atoms with Crippen LogP contribution in [0.1, 0.15) is 24.8 Å². The van der Waals surface area contributed by atoms with Gasteiger partial charge in [0.1, 0.15) is 0 Å². The number of benzene rings is 1. The number of para-hydroxylation sites is 1. The molecule has 2 unspecified atom stereocenters. The van der Waals surface area contributed by atoms with Crippen molar-refractivity contribution >= 4 is 0 Å². The molecule has 0 bridgehead atoms. The molecule has 1 aliphatic carbocycles. The van der Waals surface area contributed by atoms with Gasteiger partial charge in [0.15, 0.2) is 11.5 Å². The first-order chi connectivity index (χ1) is 9.71. The molecule has 0 heterocycles. The summed E-state index contributed by atoms with van der Waals surface area (Å²) in [5.41, 5.74) is 7.05. The van der Waals surface area contributed by atoms with Crippen LogP contribution in [0.4, 0.5) is 0 Å². The Morgan fingerprint density at radius 1 is 1.25 bits per heavy atom. The smallest absolute Gasteiger partial charge is 0.165 e. The Labute approximate surface area is 121 Å². The average molecular weight is 278 g/mol. The maximum atomic E-state index is 5.89. The van der Waals surface area contributed by atoms with Gasteiger partial charge in [0.25, 0.3) is 0 Å². The summed E-state index contributed by atoms with van der Waals surface area (Å²) in [5, 5.41) is 0. The van der Waals surface area contributed by atoms with Crippen LogP contribution in [0, 0.1) is 5.92 Å². The van der Waals surface area contributed by atoms with E-state index in [1.54, 1.807) is 14.2 Å². The second kappa shape index (κ2) is 6.95. The standard InChI is InChI=1S/C16H26N2O2/c1-18(14-8-4-6-12(14)10-17)11-13-7-5-9-15(19-2)16(13)20-3/h5,7,9,12,14H,4,6,8,10-11,17H2,1-3H3. The van der Waals surface area contributed by atoms with E-state index >= 15 is 0 Å². The first-order valence-corrected chi connectivity index (χ1v) is 7.31. The van der Waals surface area contributed by atoms with Gasteiger partial charge in [0, 0.05) is 18.2 Å². The van der Waals surface area contributed by atoms with Crippen LogP contribution in [-0.4, -0.2) is 38.8 Å². The van der Waals surface area contributed by atoms with Crippen LogP contribution < -0.4 is 15.2 Å². The lowest BCUT2D eigenvalue weighted by Crippen LogP contribution is -2.37. The van der Waals surface area contributed by atoms with E-state index < -0.39 is 0 Å². The van der Waals surface area contributed by atoms with Gasteiger partial charge in [-0.1, -0.05) is 18.6 Å². The average Bonchev–Trinajstić information content (AvgIpc) is 2.95. The molecule has 0 radical (unpaired) electrons. The van der Waals surface area contributed by atoms with E-state index in [9.17, 15) is 0 Å². The number of ether oxygens (including phenoxy) is 2. The minimum atomic E-state index is 0.580. The van der Waals surface area contributed by atoms with Crippen LogP contribution in [0.5, 0.6) is 11.5 Å². The SMILES string of the molecule is COc1cccc(CN(C)C2CCCC2CN)c1OC. The molecule has 0 saturated heterocycles. The van der Waals surface area contributed by atoms with E-state index in [2.05, 4.69) is 18.0 Å². The fourth-order valence-corrected chi connectivity index (χ4v) is 3.34. The van der Waals surface area contributed by atoms with E-state index in [1.165, 1.54) is 19.3 Å². The predicted molar refractivity (Wildman–Crippen MR) is 81.2 cm³/mol. The monoisotopic (exact) mass is 278 g/mol. The minimum absolute atomic E-state index is 0.580. The molecule has 2 rings (SSSR count). The summed E-state index contributed by atoms with van der Waals surface area (Å²) in [4.78, 5) is 2.40. The van der Waals surface area contributed by atoms with Crippen LogP contribution in [0.15, 0.2) is 18.2 Å². The molecule has 4 heteroatoms. The zero-order valence-electron chi connectivity index (χ0n) is 12.8. The van der Waals surface area contributed by atoms with Crippen molar-refractivity contribution in [3.63, 3.8) is 0 Å². The molecule has 1 saturated carbocycles. The third-order valence-corrected chi connectivity index (χ3v) is 4.39. The molecular weight excluding hydrogens is 252 g/mol. The van der Waals surface area contributed by atoms with Gasteiger partial charge < -0.3 is 15.2 Å². The van der Waals surface area contributed by atoms with Gasteiger partial charge in [-0.3, -0.25) is 4.90 Å². The summed E-state index contributed by atoms with van der Waals surface area (Å²) in [6, 6.07) is 6.63. The third-order valence-electron chi connectivity index (χ3n) is 4.39. The van der Waals surface area contributed by atoms with Gasteiger partial charge in [-0.15, -0.1) is 0 Å². The lowest BCUT2D eigenvalue weighted by atomic mass is 10.0. The van der Waals surface area contributed by atoms with Gasteiger partial charge in [-0.2, -0.15) is 0 Å². The van der Waals surface area contributed by atoms with Crippen LogP contribution in [0.3, 0.4) is 0 Å². The molecule has 2 N–H and O–H groups in total. The zero-order chi connectivity index (χ0) is 14.5. The third kappa shape index (κ3) is 3.07. The van der Waals surface area contributed by atoms with Gasteiger partial charge in [0.2, 0.25) is 0 Å². The minimum Gasteiger partial charge on any atom is -0.493 e. The van der Waals surface area contributed by atoms with E-state index in [1.807, 2.05) is 12.1 Å². The Morgan fingerprint density at radius 2 is 2.05 bits per heavy atom. The normalized spacial score (nSPS) is 22.2. The van der Waals surface area contributed by atoms with Crippen LogP contribution in [0.2, 0.25) is 0 Å². The molecule has 0 aromatic heterocycles. The zero-order valence-corrected chi connectivity index (χ0v) is 12.8. The highest BCUT2D eigenvalue weighted by atomic mass is 16.5. The van der Waals surface area contributed by atoms with Crippen LogP contribution in [-0.2, 0) is 6.54 Å². The highest BCUT2D eigenvalue weighted by Crippen LogP contribution is 2.34. The number of nitrogens with zero attached hydrogens (tertiary/aromatic N) is 1. The molecule has 4 nitrogen and oxygen atoms in total. The summed E-state index contributed by atoms with van der Waals surface area (Å²) in [7, 11) is 5.55. The van der Waals surface area contributed by atoms with Crippen LogP contribution in [0.25, 0.3) is 0 Å². The highest BCUT2D eigenvalue weighted by Gasteiger charge is 2.29. The Morgan fingerprint density at radius 3 is 2.70 bits per heavy atom. The van der Waals surface area contributed by atoms with Crippen molar-refractivity contribution in [3.8, 4) is 11.5 Å². The summed E-state index contributed by atoms with van der Waals surface area (Å²) >= 11 is 0. The van der Waals surface area contributed by atoms with Crippen molar-refractivity contribution in [2.45, 2.75) is 31.8 Å². The second-order valence-corrected chi connectivity index (χ2v) is 5.56. The topological polar surface area (TPSA) is 47.7 Å². The molecule has 0 amide bonds. The van der Waals surface area contributed by atoms with Gasteiger partial charge in [-0.25, -0.2) is 0 Å². The van der Waals surface area contributed by atoms with Crippen molar-refractivity contribution in [2.24, 2.45) is 11.7 Å². The maximum absolute atomic E-state index is 5.89. The van der Waals surface area contributed by atoms with Crippen molar-refractivity contribution in [1.29, 1.82) is 0 Å². The number of hydrogen-bond donors (Lipinski definition) is 1. The summed E-state index contributed by atoms with van der Waals surface area (Å²) in [5.74, 6) is 2.25. The fourth-order valence-electron chi connectivity index (χ4n) is 3.34. The van der Waals surface area contributed by atoms with E-state index in [4.69, 9.17) is 15.2 Å². The number of methoxy groups -OCH3 is 2. The summed E-state index contributed by atoms with van der Waals surface area (Å²) in [6.07, 6.45) is 3.78. The Hall–Kier alpha value is -1.26. The number of rotatable bonds is 6. The largest absolute Gasteiger partial charge is 0.493 e. The lowest BCUT2D eigenvalue weighted by molar-refractivity contribution is 0.190. The Kier molecular flexibility index (Phi) is 5.26. The van der Waals surface area contributed by atoms with Crippen molar-refractivity contribution < 1.29 is 9.47 Å². The number of nitrogens with two attached hydrogens (primary N) is 1. The van der Waals surface area contributed by atoms with E-state index in [-0.39, 0.29) is 0 Å². The second-order valence-electron chi connectivity index (χ2n) is 5.56. The summed E-state index contributed by atoms with van der Waals surface area (Å²) < 4.78 is 10.9. The maximum Gasteiger partial charge on any atom is 0.165 e. The molecule has 0 spiro atoms. The molecule has 2 atom stereocenters. The molecule has 0 aliphatic heterocycles. The van der Waals surface area contributed by atoms with Gasteiger partial charge >= 0.3 is 0 Å². The number of hydrogen-bond acceptors (Lipinski definition) is 4. The van der Waals surface area contributed by atoms with Crippen molar-refractivity contribution in [1.82, 2.24) is 4.90 Å². The van der Waals surface area contributed by atoms with Crippen molar-refractivity contribution in [2.75, 3.05) is 27.8 Å². The highest BCUT2D eigenvalue weighted by molar-refractivity contribution is 5.46. The van der Waals surface area contributed by atoms with E-state index in [0.717, 1.165) is 30.2 Å². The molecular formula is C16H26N2O2. The predicted octanol–water partition coefficient (Wildman–Crippen LogP) is 2.26. The molecule has 112 valence electrons. The van der Waals surface area contributed by atoms with Gasteiger partial charge in [0.05, 0.1) is 14.2 Å². The first-order valence-electron chi connectivity index (χ1n) is 7.31. The molecule has 1 fully saturated rings. The Balaban J connectivity index is 2.13. The van der Waals surface area contributed by atoms with Crippen LogP contribution >= 0.6 is 0 Å². The lowest BCUT2D eigenvalue weighted by Gasteiger charge is -2.29. The van der Waals surface area contributed by atoms with Crippen molar-refractivity contribution in [3.05, 3.63) is 23.8 Å². The summed E-state index contributed by atoms with van der Waals surface area (Å²) in [6.45, 7) is 1.64.